The lowest BCUT2D eigenvalue weighted by molar-refractivity contribution is -0.168. The maximum Gasteiger partial charge on any atom is 0.191 e. The van der Waals surface area contributed by atoms with Crippen LogP contribution in [0, 0.1) is 5.41 Å². The number of aliphatic imine (C=N–C) groups is 1. The van der Waals surface area contributed by atoms with Gasteiger partial charge in [0.15, 0.2) is 5.96 Å². The molecule has 1 spiro atoms. The van der Waals surface area contributed by atoms with Crippen molar-refractivity contribution in [1.29, 1.82) is 0 Å². The Morgan fingerprint density at radius 3 is 2.87 bits per heavy atom. The topological polar surface area (TPSA) is 63.5 Å². The minimum Gasteiger partial charge on any atom is -0.378 e. The Kier molecular flexibility index (Phi) is 4.90. The molecule has 0 radical (unpaired) electrons. The molecule has 0 amide bonds. The van der Waals surface area contributed by atoms with E-state index in [0.29, 0.717) is 24.1 Å². The Bertz CT molecular complexity index is 549. The van der Waals surface area contributed by atoms with Gasteiger partial charge in [-0.1, -0.05) is 6.42 Å². The molecule has 1 heterocycles. The number of aromatic nitrogens is 2. The van der Waals surface area contributed by atoms with Crippen LogP contribution < -0.4 is 10.6 Å². The van der Waals surface area contributed by atoms with Crippen LogP contribution >= 0.6 is 0 Å². The predicted molar refractivity (Wildman–Crippen MR) is 91.3 cm³/mol. The van der Waals surface area contributed by atoms with Crippen LogP contribution in [-0.4, -0.2) is 41.0 Å². The van der Waals surface area contributed by atoms with Gasteiger partial charge in [0.25, 0.3) is 0 Å². The third-order valence-corrected chi connectivity index (χ3v) is 5.41. The number of guanidine groups is 1. The molecular formula is C17H29N5O. The lowest BCUT2D eigenvalue weighted by Crippen LogP contribution is -2.68. The first-order valence-corrected chi connectivity index (χ1v) is 8.83. The zero-order valence-corrected chi connectivity index (χ0v) is 14.5. The van der Waals surface area contributed by atoms with E-state index in [4.69, 9.17) is 9.73 Å². The van der Waals surface area contributed by atoms with Crippen molar-refractivity contribution in [2.24, 2.45) is 17.5 Å². The summed E-state index contributed by atoms with van der Waals surface area (Å²) in [7, 11) is 1.95. The van der Waals surface area contributed by atoms with Crippen molar-refractivity contribution in [2.75, 3.05) is 13.2 Å². The van der Waals surface area contributed by atoms with Gasteiger partial charge in [0, 0.05) is 37.9 Å². The van der Waals surface area contributed by atoms with Crippen LogP contribution in [0.5, 0.6) is 0 Å². The number of rotatable bonds is 6. The van der Waals surface area contributed by atoms with E-state index in [1.54, 1.807) is 0 Å². The summed E-state index contributed by atoms with van der Waals surface area (Å²) in [4.78, 5) is 4.73. The van der Waals surface area contributed by atoms with Crippen molar-refractivity contribution < 1.29 is 4.74 Å². The summed E-state index contributed by atoms with van der Waals surface area (Å²) in [6.07, 6.45) is 7.20. The van der Waals surface area contributed by atoms with Crippen molar-refractivity contribution in [2.45, 2.75) is 58.2 Å². The van der Waals surface area contributed by atoms with Gasteiger partial charge >= 0.3 is 0 Å². The Hall–Kier alpha value is -1.56. The first-order valence-electron chi connectivity index (χ1n) is 8.83. The number of aryl methyl sites for hydroxylation is 1. The molecule has 2 aliphatic carbocycles. The van der Waals surface area contributed by atoms with Crippen molar-refractivity contribution in [1.82, 2.24) is 20.4 Å². The van der Waals surface area contributed by atoms with E-state index in [2.05, 4.69) is 29.6 Å². The number of nitrogens with one attached hydrogen (secondary N) is 2. The van der Waals surface area contributed by atoms with Gasteiger partial charge in [-0.2, -0.15) is 5.10 Å². The average molecular weight is 319 g/mol. The lowest BCUT2D eigenvalue weighted by Gasteiger charge is -2.61. The molecule has 2 N–H and O–H groups in total. The minimum absolute atomic E-state index is 0.346. The molecule has 0 bridgehead atoms. The maximum absolute atomic E-state index is 5.93. The number of nitrogens with zero attached hydrogens (tertiary/aromatic N) is 3. The third-order valence-electron chi connectivity index (χ3n) is 5.41. The fourth-order valence-corrected chi connectivity index (χ4v) is 3.84. The molecular weight excluding hydrogens is 290 g/mol. The largest absolute Gasteiger partial charge is 0.378 e. The number of hydrogen-bond acceptors (Lipinski definition) is 3. The smallest absolute Gasteiger partial charge is 0.191 e. The first-order chi connectivity index (χ1) is 11.2. The molecule has 0 aromatic carbocycles. The first kappa shape index (κ1) is 16.3. The fourth-order valence-electron chi connectivity index (χ4n) is 3.84. The van der Waals surface area contributed by atoms with Gasteiger partial charge in [-0.25, -0.2) is 4.99 Å². The van der Waals surface area contributed by atoms with Crippen LogP contribution in [0.2, 0.25) is 0 Å². The summed E-state index contributed by atoms with van der Waals surface area (Å²) >= 11 is 0. The van der Waals surface area contributed by atoms with Crippen LogP contribution in [-0.2, 0) is 18.3 Å². The molecule has 1 aromatic rings. The fraction of sp³-hybridized carbons (Fsp3) is 0.765. The van der Waals surface area contributed by atoms with Crippen molar-refractivity contribution >= 4 is 5.96 Å². The highest BCUT2D eigenvalue weighted by Gasteiger charge is 2.59. The van der Waals surface area contributed by atoms with Crippen LogP contribution in [0.3, 0.4) is 0 Å². The second-order valence-electron chi connectivity index (χ2n) is 6.60. The highest BCUT2D eigenvalue weighted by molar-refractivity contribution is 5.80. The summed E-state index contributed by atoms with van der Waals surface area (Å²) in [5, 5.41) is 11.2. The number of hydrogen-bond donors (Lipinski definition) is 2. The summed E-state index contributed by atoms with van der Waals surface area (Å²) in [5.41, 5.74) is 1.46. The quantitative estimate of drug-likeness (QED) is 0.620. The van der Waals surface area contributed by atoms with Crippen LogP contribution in [0.1, 0.15) is 45.2 Å². The Morgan fingerprint density at radius 2 is 2.30 bits per heavy atom. The SMILES string of the molecule is CCNC(=NCc1ccnn1C)NC1CC(OCC)C12CCC2. The average Bonchev–Trinajstić information content (AvgIpc) is 2.87. The molecule has 2 unspecified atom stereocenters. The highest BCUT2D eigenvalue weighted by Crippen LogP contribution is 2.57. The minimum atomic E-state index is 0.346. The summed E-state index contributed by atoms with van der Waals surface area (Å²) in [6, 6.07) is 2.49. The Morgan fingerprint density at radius 1 is 1.48 bits per heavy atom. The molecule has 128 valence electrons. The van der Waals surface area contributed by atoms with E-state index in [1.165, 1.54) is 19.3 Å². The Labute approximate surface area is 138 Å². The van der Waals surface area contributed by atoms with E-state index >= 15 is 0 Å². The second-order valence-corrected chi connectivity index (χ2v) is 6.60. The van der Waals surface area contributed by atoms with E-state index < -0.39 is 0 Å². The molecule has 2 saturated carbocycles. The molecule has 23 heavy (non-hydrogen) atoms. The Balaban J connectivity index is 1.62. The zero-order valence-electron chi connectivity index (χ0n) is 14.5. The van der Waals surface area contributed by atoms with E-state index in [-0.39, 0.29) is 0 Å². The number of ether oxygens (including phenoxy) is 1. The van der Waals surface area contributed by atoms with E-state index in [9.17, 15) is 0 Å². The van der Waals surface area contributed by atoms with Gasteiger partial charge in [0.2, 0.25) is 0 Å². The van der Waals surface area contributed by atoms with Gasteiger partial charge in [0.05, 0.1) is 18.3 Å². The highest BCUT2D eigenvalue weighted by atomic mass is 16.5. The normalized spacial score (nSPS) is 25.8. The summed E-state index contributed by atoms with van der Waals surface area (Å²) in [6.45, 7) is 6.51. The van der Waals surface area contributed by atoms with Crippen molar-refractivity contribution in [3.8, 4) is 0 Å². The van der Waals surface area contributed by atoms with Gasteiger partial charge < -0.3 is 15.4 Å². The molecule has 2 aliphatic rings. The monoisotopic (exact) mass is 319 g/mol. The maximum atomic E-state index is 5.93. The summed E-state index contributed by atoms with van der Waals surface area (Å²) < 4.78 is 7.80. The molecule has 2 atom stereocenters. The van der Waals surface area contributed by atoms with Gasteiger partial charge in [-0.05, 0) is 39.2 Å². The van der Waals surface area contributed by atoms with Gasteiger partial charge in [-0.15, -0.1) is 0 Å². The zero-order chi connectivity index (χ0) is 16.3. The molecule has 6 nitrogen and oxygen atoms in total. The molecule has 1 aromatic heterocycles. The third kappa shape index (κ3) is 3.09. The lowest BCUT2D eigenvalue weighted by atomic mass is 9.51. The van der Waals surface area contributed by atoms with E-state index in [1.807, 2.05) is 24.0 Å². The second kappa shape index (κ2) is 6.91. The van der Waals surface area contributed by atoms with Crippen LogP contribution in [0.25, 0.3) is 0 Å². The van der Waals surface area contributed by atoms with Crippen LogP contribution in [0.4, 0.5) is 0 Å². The van der Waals surface area contributed by atoms with Gasteiger partial charge in [-0.3, -0.25) is 4.68 Å². The van der Waals surface area contributed by atoms with Crippen molar-refractivity contribution in [3.63, 3.8) is 0 Å². The predicted octanol–water partition coefficient (Wildman–Crippen LogP) is 1.82. The molecule has 3 rings (SSSR count). The molecule has 0 aliphatic heterocycles. The van der Waals surface area contributed by atoms with E-state index in [0.717, 1.165) is 31.2 Å². The van der Waals surface area contributed by atoms with Crippen LogP contribution in [0.15, 0.2) is 17.3 Å². The molecule has 0 saturated heterocycles. The van der Waals surface area contributed by atoms with Crippen molar-refractivity contribution in [3.05, 3.63) is 18.0 Å². The molecule has 2 fully saturated rings. The standard InChI is InChI=1S/C17H29N5O/c1-4-18-16(19-12-13-7-10-20-22(13)3)21-14-11-15(23-5-2)17(14)8-6-9-17/h7,10,14-15H,4-6,8-9,11-12H2,1-3H3,(H2,18,19,21). The summed E-state index contributed by atoms with van der Waals surface area (Å²) in [5.74, 6) is 0.903. The molecule has 6 heteroatoms. The van der Waals surface area contributed by atoms with Gasteiger partial charge in [0.1, 0.15) is 0 Å².